The number of carbonyl (C=O) groups is 1. The number of nitrogens with zero attached hydrogens (tertiary/aromatic N) is 1. The number of rotatable bonds is 4. The second-order valence-corrected chi connectivity index (χ2v) is 6.42. The first kappa shape index (κ1) is 14.3. The van der Waals surface area contributed by atoms with Gasteiger partial charge in [0, 0.05) is 17.6 Å². The van der Waals surface area contributed by atoms with E-state index < -0.39 is 0 Å². The number of nitrogens with one attached hydrogen (secondary N) is 2. The molecule has 2 N–H and O–H groups in total. The molecule has 1 aromatic rings. The van der Waals surface area contributed by atoms with Crippen molar-refractivity contribution in [2.75, 3.05) is 20.1 Å². The van der Waals surface area contributed by atoms with Gasteiger partial charge in [-0.25, -0.2) is 4.79 Å². The van der Waals surface area contributed by atoms with Crippen LogP contribution in [0.3, 0.4) is 0 Å². The van der Waals surface area contributed by atoms with E-state index in [0.717, 1.165) is 16.6 Å². The number of benzene rings is 1. The van der Waals surface area contributed by atoms with Crippen LogP contribution in [0.2, 0.25) is 0 Å². The molecule has 0 saturated carbocycles. The molecule has 1 unspecified atom stereocenters. The Morgan fingerprint density at radius 2 is 2.05 bits per heavy atom. The molecule has 1 aromatic carbocycles. The number of likely N-dealkylation sites (N-methyl/N-ethyl adjacent to an activating group) is 1. The average Bonchev–Trinajstić information content (AvgIpc) is 2.73. The molecule has 104 valence electrons. The Balaban J connectivity index is 2.13. The van der Waals surface area contributed by atoms with E-state index in [0.29, 0.717) is 6.54 Å². The van der Waals surface area contributed by atoms with E-state index in [-0.39, 0.29) is 17.6 Å². The number of urea groups is 1. The summed E-state index contributed by atoms with van der Waals surface area (Å²) in [6, 6.07) is 8.17. The highest BCUT2D eigenvalue weighted by molar-refractivity contribution is 9.10. The SMILES string of the molecule is CNCC(C)(C)N1CC(c2ccc(Br)cc2)NC1=O. The first-order valence-electron chi connectivity index (χ1n) is 6.42. The minimum Gasteiger partial charge on any atom is -0.329 e. The van der Waals surface area contributed by atoms with Crippen LogP contribution in [0.5, 0.6) is 0 Å². The molecular formula is C14H20BrN3O. The van der Waals surface area contributed by atoms with Crippen molar-refractivity contribution in [1.29, 1.82) is 0 Å². The first-order valence-corrected chi connectivity index (χ1v) is 7.21. The van der Waals surface area contributed by atoms with Crippen molar-refractivity contribution >= 4 is 22.0 Å². The monoisotopic (exact) mass is 325 g/mol. The van der Waals surface area contributed by atoms with E-state index in [1.807, 2.05) is 36.2 Å². The van der Waals surface area contributed by atoms with Gasteiger partial charge in [-0.2, -0.15) is 0 Å². The number of hydrogen-bond donors (Lipinski definition) is 2. The highest BCUT2D eigenvalue weighted by atomic mass is 79.9. The fraction of sp³-hybridized carbons (Fsp3) is 0.500. The van der Waals surface area contributed by atoms with Crippen molar-refractivity contribution in [3.8, 4) is 0 Å². The van der Waals surface area contributed by atoms with Crippen LogP contribution in [0.15, 0.2) is 28.7 Å². The van der Waals surface area contributed by atoms with Crippen LogP contribution in [-0.2, 0) is 0 Å². The smallest absolute Gasteiger partial charge is 0.318 e. The van der Waals surface area contributed by atoms with Gasteiger partial charge in [0.15, 0.2) is 0 Å². The van der Waals surface area contributed by atoms with Gasteiger partial charge in [-0.3, -0.25) is 0 Å². The van der Waals surface area contributed by atoms with Crippen molar-refractivity contribution < 1.29 is 4.79 Å². The quantitative estimate of drug-likeness (QED) is 0.893. The van der Waals surface area contributed by atoms with Crippen LogP contribution in [0.4, 0.5) is 4.79 Å². The number of halogens is 1. The Labute approximate surface area is 122 Å². The van der Waals surface area contributed by atoms with Crippen molar-refractivity contribution in [2.45, 2.75) is 25.4 Å². The zero-order chi connectivity index (χ0) is 14.0. The van der Waals surface area contributed by atoms with Gasteiger partial charge in [0.2, 0.25) is 0 Å². The molecule has 19 heavy (non-hydrogen) atoms. The summed E-state index contributed by atoms with van der Waals surface area (Å²) in [7, 11) is 1.90. The fourth-order valence-electron chi connectivity index (χ4n) is 2.47. The maximum atomic E-state index is 12.1. The largest absolute Gasteiger partial charge is 0.329 e. The molecule has 1 saturated heterocycles. The number of carbonyl (C=O) groups excluding carboxylic acids is 1. The lowest BCUT2D eigenvalue weighted by Gasteiger charge is -2.34. The molecule has 1 fully saturated rings. The molecule has 0 aromatic heterocycles. The third kappa shape index (κ3) is 3.09. The molecule has 0 aliphatic carbocycles. The van der Waals surface area contributed by atoms with E-state index in [4.69, 9.17) is 0 Å². The zero-order valence-corrected chi connectivity index (χ0v) is 13.1. The predicted octanol–water partition coefficient (Wildman–Crippen LogP) is 2.51. The zero-order valence-electron chi connectivity index (χ0n) is 11.5. The van der Waals surface area contributed by atoms with Crippen LogP contribution in [0, 0.1) is 0 Å². The Hall–Kier alpha value is -1.07. The van der Waals surface area contributed by atoms with E-state index in [9.17, 15) is 4.79 Å². The highest BCUT2D eigenvalue weighted by Gasteiger charge is 2.38. The van der Waals surface area contributed by atoms with Gasteiger partial charge in [-0.05, 0) is 38.6 Å². The maximum Gasteiger partial charge on any atom is 0.318 e. The lowest BCUT2D eigenvalue weighted by Crippen LogP contribution is -2.51. The molecule has 1 aliphatic rings. The summed E-state index contributed by atoms with van der Waals surface area (Å²) in [4.78, 5) is 14.0. The summed E-state index contributed by atoms with van der Waals surface area (Å²) in [6.07, 6.45) is 0. The summed E-state index contributed by atoms with van der Waals surface area (Å²) in [5.74, 6) is 0. The van der Waals surface area contributed by atoms with Crippen LogP contribution in [0.1, 0.15) is 25.5 Å². The molecule has 0 spiro atoms. The highest BCUT2D eigenvalue weighted by Crippen LogP contribution is 2.26. The second kappa shape index (κ2) is 5.51. The van der Waals surface area contributed by atoms with E-state index in [1.54, 1.807) is 0 Å². The van der Waals surface area contributed by atoms with Gasteiger partial charge in [0.05, 0.1) is 11.6 Å². The summed E-state index contributed by atoms with van der Waals surface area (Å²) in [6.45, 7) is 5.63. The van der Waals surface area contributed by atoms with Crippen LogP contribution in [-0.4, -0.2) is 36.6 Å². The fourth-order valence-corrected chi connectivity index (χ4v) is 2.74. The molecule has 4 nitrogen and oxygen atoms in total. The molecule has 5 heteroatoms. The van der Waals surface area contributed by atoms with Crippen molar-refractivity contribution in [3.05, 3.63) is 34.3 Å². The van der Waals surface area contributed by atoms with E-state index in [2.05, 4.69) is 40.4 Å². The van der Waals surface area contributed by atoms with Crippen LogP contribution >= 0.6 is 15.9 Å². The van der Waals surface area contributed by atoms with Crippen molar-refractivity contribution in [2.24, 2.45) is 0 Å². The molecule has 1 aliphatic heterocycles. The number of amides is 2. The lowest BCUT2D eigenvalue weighted by molar-refractivity contribution is 0.158. The van der Waals surface area contributed by atoms with Gasteiger partial charge in [-0.15, -0.1) is 0 Å². The number of hydrogen-bond acceptors (Lipinski definition) is 2. The molecule has 1 heterocycles. The molecule has 0 radical (unpaired) electrons. The van der Waals surface area contributed by atoms with Crippen molar-refractivity contribution in [1.82, 2.24) is 15.5 Å². The lowest BCUT2D eigenvalue weighted by atomic mass is 10.0. The Morgan fingerprint density at radius 1 is 1.42 bits per heavy atom. The summed E-state index contributed by atoms with van der Waals surface area (Å²) < 4.78 is 1.05. The summed E-state index contributed by atoms with van der Waals surface area (Å²) in [5, 5.41) is 6.19. The first-order chi connectivity index (χ1) is 8.94. The third-order valence-corrected chi connectivity index (χ3v) is 4.05. The topological polar surface area (TPSA) is 44.4 Å². The van der Waals surface area contributed by atoms with E-state index >= 15 is 0 Å². The minimum absolute atomic E-state index is 0.00756. The average molecular weight is 326 g/mol. The third-order valence-electron chi connectivity index (χ3n) is 3.52. The van der Waals surface area contributed by atoms with Crippen LogP contribution < -0.4 is 10.6 Å². The van der Waals surface area contributed by atoms with Gasteiger partial charge in [-0.1, -0.05) is 28.1 Å². The summed E-state index contributed by atoms with van der Waals surface area (Å²) >= 11 is 3.42. The predicted molar refractivity (Wildman–Crippen MR) is 80.1 cm³/mol. The van der Waals surface area contributed by atoms with Gasteiger partial charge >= 0.3 is 6.03 Å². The maximum absolute atomic E-state index is 12.1. The van der Waals surface area contributed by atoms with Gasteiger partial charge in [0.25, 0.3) is 0 Å². The van der Waals surface area contributed by atoms with E-state index in [1.165, 1.54) is 0 Å². The van der Waals surface area contributed by atoms with Crippen molar-refractivity contribution in [3.63, 3.8) is 0 Å². The summed E-state index contributed by atoms with van der Waals surface area (Å²) in [5.41, 5.74) is 0.947. The minimum atomic E-state index is -0.192. The van der Waals surface area contributed by atoms with Crippen LogP contribution in [0.25, 0.3) is 0 Å². The Kier molecular flexibility index (Phi) is 4.16. The molecular weight excluding hydrogens is 306 g/mol. The van der Waals surface area contributed by atoms with Gasteiger partial charge in [0.1, 0.15) is 0 Å². The normalized spacial score (nSPS) is 19.7. The van der Waals surface area contributed by atoms with Gasteiger partial charge < -0.3 is 15.5 Å². The Bertz CT molecular complexity index is 458. The molecule has 2 amide bonds. The standard InChI is InChI=1S/C14H20BrN3O/c1-14(2,9-16-3)18-8-12(17-13(18)19)10-4-6-11(15)7-5-10/h4-7,12,16H,8-9H2,1-3H3,(H,17,19). The molecule has 2 rings (SSSR count). The Morgan fingerprint density at radius 3 is 2.63 bits per heavy atom. The second-order valence-electron chi connectivity index (χ2n) is 5.51. The molecule has 1 atom stereocenters. The molecule has 0 bridgehead atoms.